The molecule has 2 heteroatoms. The van der Waals surface area contributed by atoms with E-state index in [0.29, 0.717) is 6.04 Å². The minimum atomic E-state index is 0.674. The molecule has 2 heterocycles. The van der Waals surface area contributed by atoms with Gasteiger partial charge in [-0.15, -0.1) is 0 Å². The minimum absolute atomic E-state index is 0.674. The van der Waals surface area contributed by atoms with Crippen molar-refractivity contribution >= 4 is 10.9 Å². The van der Waals surface area contributed by atoms with E-state index < -0.39 is 0 Å². The first-order valence-corrected chi connectivity index (χ1v) is 7.05. The highest BCUT2D eigenvalue weighted by Gasteiger charge is 2.42. The molecule has 0 radical (unpaired) electrons. The second kappa shape index (κ2) is 3.61. The number of likely N-dealkylation sites (N-methyl/N-ethyl adjacent to an activating group) is 1. The van der Waals surface area contributed by atoms with Crippen molar-refractivity contribution in [2.45, 2.75) is 31.7 Å². The number of nitrogens with one attached hydrogen (secondary N) is 1. The Balaban J connectivity index is 1.95. The molecule has 94 valence electrons. The highest BCUT2D eigenvalue weighted by Crippen LogP contribution is 2.47. The molecule has 0 amide bonds. The van der Waals surface area contributed by atoms with Gasteiger partial charge in [-0.1, -0.05) is 18.2 Å². The third-order valence-corrected chi connectivity index (χ3v) is 5.17. The molecular weight excluding hydrogens is 220 g/mol. The number of hydrogen-bond donors (Lipinski definition) is 1. The van der Waals surface area contributed by atoms with E-state index in [1.165, 1.54) is 36.0 Å². The fourth-order valence-electron chi connectivity index (χ4n) is 4.19. The van der Waals surface area contributed by atoms with Gasteiger partial charge in [-0.3, -0.25) is 0 Å². The number of aromatic nitrogens is 1. The van der Waals surface area contributed by atoms with Crippen LogP contribution in [0, 0.1) is 5.92 Å². The summed E-state index contributed by atoms with van der Waals surface area (Å²) >= 11 is 0. The van der Waals surface area contributed by atoms with E-state index in [0.717, 1.165) is 11.8 Å². The van der Waals surface area contributed by atoms with Gasteiger partial charge in [-0.25, -0.2) is 0 Å². The summed E-state index contributed by atoms with van der Waals surface area (Å²) in [7, 11) is 2.28. The summed E-state index contributed by atoms with van der Waals surface area (Å²) in [4.78, 5) is 6.18. The zero-order valence-corrected chi connectivity index (χ0v) is 11.1. The number of hydrogen-bond acceptors (Lipinski definition) is 1. The molecule has 18 heavy (non-hydrogen) atoms. The Labute approximate surface area is 108 Å². The lowest BCUT2D eigenvalue weighted by molar-refractivity contribution is 0.317. The van der Waals surface area contributed by atoms with E-state index in [1.54, 1.807) is 5.56 Å². The van der Waals surface area contributed by atoms with E-state index in [2.05, 4.69) is 48.1 Å². The molecule has 1 aromatic heterocycles. The van der Waals surface area contributed by atoms with Gasteiger partial charge >= 0.3 is 0 Å². The van der Waals surface area contributed by atoms with Crippen LogP contribution in [0.2, 0.25) is 0 Å². The second-order valence-corrected chi connectivity index (χ2v) is 6.07. The van der Waals surface area contributed by atoms with Crippen LogP contribution in [0.4, 0.5) is 0 Å². The van der Waals surface area contributed by atoms with Gasteiger partial charge in [0.05, 0.1) is 0 Å². The van der Waals surface area contributed by atoms with Crippen molar-refractivity contribution in [2.24, 2.45) is 5.92 Å². The van der Waals surface area contributed by atoms with E-state index in [4.69, 9.17) is 0 Å². The molecule has 1 aliphatic carbocycles. The number of aryl methyl sites for hydroxylation is 1. The Morgan fingerprint density at radius 3 is 3.00 bits per heavy atom. The van der Waals surface area contributed by atoms with E-state index in [1.807, 2.05) is 0 Å². The van der Waals surface area contributed by atoms with Gasteiger partial charge in [-0.2, -0.15) is 0 Å². The normalized spacial score (nSPS) is 31.6. The molecule has 0 saturated carbocycles. The number of fused-ring (bicyclic) bond motifs is 5. The van der Waals surface area contributed by atoms with Crippen LogP contribution in [-0.2, 0) is 6.42 Å². The first kappa shape index (κ1) is 10.6. The number of aromatic amines is 1. The van der Waals surface area contributed by atoms with Crippen molar-refractivity contribution in [3.05, 3.63) is 35.5 Å². The van der Waals surface area contributed by atoms with Crippen LogP contribution in [0.25, 0.3) is 10.9 Å². The third-order valence-electron chi connectivity index (χ3n) is 5.17. The van der Waals surface area contributed by atoms with E-state index in [-0.39, 0.29) is 0 Å². The van der Waals surface area contributed by atoms with Crippen molar-refractivity contribution in [2.75, 3.05) is 13.6 Å². The monoisotopic (exact) mass is 240 g/mol. The van der Waals surface area contributed by atoms with Gasteiger partial charge in [0.2, 0.25) is 0 Å². The number of rotatable bonds is 0. The summed E-state index contributed by atoms with van der Waals surface area (Å²) in [6.07, 6.45) is 2.57. The van der Waals surface area contributed by atoms with Crippen LogP contribution >= 0.6 is 0 Å². The van der Waals surface area contributed by atoms with Crippen molar-refractivity contribution in [3.63, 3.8) is 0 Å². The number of H-pyrrole nitrogens is 1. The maximum atomic E-state index is 3.65. The van der Waals surface area contributed by atoms with Gasteiger partial charge in [0.15, 0.2) is 0 Å². The summed E-state index contributed by atoms with van der Waals surface area (Å²) in [6, 6.07) is 9.48. The zero-order chi connectivity index (χ0) is 12.3. The average Bonchev–Trinajstić information content (AvgIpc) is 2.88. The second-order valence-electron chi connectivity index (χ2n) is 6.07. The molecule has 2 aliphatic rings. The minimum Gasteiger partial charge on any atom is -0.358 e. The Hall–Kier alpha value is -1.28. The standard InChI is InChI=1S/C16H20N2/c1-10-15-11(9-18(10)2)7-8-14-16(15)12-5-3-4-6-13(12)17-14/h3-6,10-11,15,17H,7-9H2,1-2H3/t10-,11-,15+/m1/s1. The van der Waals surface area contributed by atoms with Crippen LogP contribution in [-0.4, -0.2) is 29.5 Å². The van der Waals surface area contributed by atoms with Crippen LogP contribution in [0.3, 0.4) is 0 Å². The highest BCUT2D eigenvalue weighted by atomic mass is 15.2. The van der Waals surface area contributed by atoms with Crippen LogP contribution in [0.5, 0.6) is 0 Å². The van der Waals surface area contributed by atoms with Gasteiger partial charge in [-0.05, 0) is 44.4 Å². The lowest BCUT2D eigenvalue weighted by atomic mass is 9.76. The number of benzene rings is 1. The van der Waals surface area contributed by atoms with E-state index >= 15 is 0 Å². The van der Waals surface area contributed by atoms with Gasteiger partial charge in [0.1, 0.15) is 0 Å². The first-order chi connectivity index (χ1) is 8.75. The molecule has 1 aliphatic heterocycles. The molecule has 2 aromatic rings. The third kappa shape index (κ3) is 1.27. The molecular formula is C16H20N2. The predicted octanol–water partition coefficient (Wildman–Crippen LogP) is 3.15. The summed E-state index contributed by atoms with van der Waals surface area (Å²) in [5.41, 5.74) is 4.45. The topological polar surface area (TPSA) is 19.0 Å². The Kier molecular flexibility index (Phi) is 2.13. The molecule has 0 unspecified atom stereocenters. The fourth-order valence-corrected chi connectivity index (χ4v) is 4.19. The smallest absolute Gasteiger partial charge is 0.0459 e. The molecule has 3 atom stereocenters. The lowest BCUT2D eigenvalue weighted by Gasteiger charge is -2.28. The molecule has 1 N–H and O–H groups in total. The maximum Gasteiger partial charge on any atom is 0.0459 e. The van der Waals surface area contributed by atoms with Crippen molar-refractivity contribution in [3.8, 4) is 0 Å². The lowest BCUT2D eigenvalue weighted by Crippen LogP contribution is -2.26. The Morgan fingerprint density at radius 1 is 1.28 bits per heavy atom. The molecule has 4 rings (SSSR count). The summed E-state index contributed by atoms with van der Waals surface area (Å²) in [5.74, 6) is 1.59. The number of para-hydroxylation sites is 1. The average molecular weight is 240 g/mol. The quantitative estimate of drug-likeness (QED) is 0.749. The Bertz CT molecular complexity index is 598. The molecule has 1 saturated heterocycles. The van der Waals surface area contributed by atoms with Crippen molar-refractivity contribution in [1.82, 2.24) is 9.88 Å². The fraction of sp³-hybridized carbons (Fsp3) is 0.500. The van der Waals surface area contributed by atoms with Crippen molar-refractivity contribution < 1.29 is 0 Å². The predicted molar refractivity (Wildman–Crippen MR) is 74.9 cm³/mol. The molecule has 2 nitrogen and oxygen atoms in total. The first-order valence-electron chi connectivity index (χ1n) is 7.05. The number of likely N-dealkylation sites (tertiary alicyclic amines) is 1. The van der Waals surface area contributed by atoms with Gasteiger partial charge in [0, 0.05) is 35.1 Å². The van der Waals surface area contributed by atoms with Crippen molar-refractivity contribution in [1.29, 1.82) is 0 Å². The van der Waals surface area contributed by atoms with E-state index in [9.17, 15) is 0 Å². The number of nitrogens with zero attached hydrogens (tertiary/aromatic N) is 1. The zero-order valence-electron chi connectivity index (χ0n) is 11.1. The van der Waals surface area contributed by atoms with Crippen LogP contribution in [0.1, 0.15) is 30.5 Å². The molecule has 1 fully saturated rings. The highest BCUT2D eigenvalue weighted by molar-refractivity contribution is 5.85. The summed E-state index contributed by atoms with van der Waals surface area (Å²) in [5, 5.41) is 1.46. The summed E-state index contributed by atoms with van der Waals surface area (Å²) in [6.45, 7) is 3.66. The Morgan fingerprint density at radius 2 is 2.11 bits per heavy atom. The van der Waals surface area contributed by atoms with Gasteiger partial charge < -0.3 is 9.88 Å². The summed E-state index contributed by atoms with van der Waals surface area (Å²) < 4.78 is 0. The molecule has 1 aromatic carbocycles. The van der Waals surface area contributed by atoms with Gasteiger partial charge in [0.25, 0.3) is 0 Å². The van der Waals surface area contributed by atoms with Crippen LogP contribution < -0.4 is 0 Å². The SMILES string of the molecule is C[C@@H]1[C@@H]2c3c([nH]c4ccccc34)CC[C@@H]2CN1C. The maximum absolute atomic E-state index is 3.65. The molecule has 0 spiro atoms. The molecule has 0 bridgehead atoms. The largest absolute Gasteiger partial charge is 0.358 e. The van der Waals surface area contributed by atoms with Crippen LogP contribution in [0.15, 0.2) is 24.3 Å².